The molecule has 2 unspecified atom stereocenters. The van der Waals surface area contributed by atoms with E-state index >= 15 is 0 Å². The predicted octanol–water partition coefficient (Wildman–Crippen LogP) is 5.12. The van der Waals surface area contributed by atoms with Gasteiger partial charge in [-0.15, -0.1) is 0 Å². The first-order valence-corrected chi connectivity index (χ1v) is 14.9. The molecule has 3 fully saturated rings. The molecule has 6 nitrogen and oxygen atoms in total. The van der Waals surface area contributed by atoms with Crippen LogP contribution in [0.15, 0.2) is 42.5 Å². The average molecular weight is 560 g/mol. The molecule has 3 aliphatic rings. The number of rotatable bonds is 9. The van der Waals surface area contributed by atoms with Gasteiger partial charge in [-0.05, 0) is 101 Å². The summed E-state index contributed by atoms with van der Waals surface area (Å²) in [5, 5.41) is 4.80. The second kappa shape index (κ2) is 12.9. The molecule has 2 aromatic carbocycles. The second-order valence-electron chi connectivity index (χ2n) is 11.2. The topological polar surface area (TPSA) is 48.1 Å². The summed E-state index contributed by atoms with van der Waals surface area (Å²) in [5.74, 6) is 0.901. The van der Waals surface area contributed by atoms with Gasteiger partial charge in [0, 0.05) is 49.5 Å². The van der Waals surface area contributed by atoms with E-state index in [1.807, 2.05) is 36.4 Å². The molecule has 3 saturated heterocycles. The van der Waals surface area contributed by atoms with E-state index in [2.05, 4.69) is 33.1 Å². The number of carbonyl (C=O) groups is 1. The van der Waals surface area contributed by atoms with Gasteiger partial charge < -0.3 is 24.8 Å². The van der Waals surface area contributed by atoms with E-state index in [0.29, 0.717) is 5.02 Å². The Kier molecular flexibility index (Phi) is 9.37. The summed E-state index contributed by atoms with van der Waals surface area (Å²) in [6, 6.07) is 14.1. The summed E-state index contributed by atoms with van der Waals surface area (Å²) in [6.07, 6.45) is 6.34. The first-order valence-electron chi connectivity index (χ1n) is 14.1. The Morgan fingerprint density at radius 1 is 1.00 bits per heavy atom. The van der Waals surface area contributed by atoms with Gasteiger partial charge in [-0.25, -0.2) is 0 Å². The number of nitrogens with one attached hydrogen (secondary N) is 1. The van der Waals surface area contributed by atoms with E-state index in [4.69, 9.17) is 27.9 Å². The van der Waals surface area contributed by atoms with Gasteiger partial charge >= 0.3 is 0 Å². The third kappa shape index (κ3) is 7.35. The van der Waals surface area contributed by atoms with Crippen LogP contribution >= 0.6 is 23.2 Å². The number of amides is 1. The Labute approximate surface area is 237 Å². The minimum absolute atomic E-state index is 0.0133. The molecule has 3 heterocycles. The van der Waals surface area contributed by atoms with E-state index in [0.717, 1.165) is 93.5 Å². The van der Waals surface area contributed by atoms with Crippen molar-refractivity contribution in [1.82, 2.24) is 15.1 Å². The number of piperidine rings is 1. The minimum Gasteiger partial charge on any atom is -0.489 e. The zero-order chi connectivity index (χ0) is 26.5. The lowest BCUT2D eigenvalue weighted by molar-refractivity contribution is -0.125. The highest BCUT2D eigenvalue weighted by atomic mass is 35.5. The number of halogens is 2. The normalized spacial score (nSPS) is 22.1. The summed E-state index contributed by atoms with van der Waals surface area (Å²) in [6.45, 7) is 6.79. The third-order valence-electron chi connectivity index (χ3n) is 8.21. The van der Waals surface area contributed by atoms with Crippen molar-refractivity contribution in [2.75, 3.05) is 57.8 Å². The van der Waals surface area contributed by atoms with Gasteiger partial charge in [-0.3, -0.25) is 4.79 Å². The Morgan fingerprint density at radius 2 is 1.74 bits per heavy atom. The lowest BCUT2D eigenvalue weighted by Crippen LogP contribution is -2.46. The number of benzene rings is 2. The third-order valence-corrected chi connectivity index (χ3v) is 8.76. The molecule has 0 saturated carbocycles. The summed E-state index contributed by atoms with van der Waals surface area (Å²) < 4.78 is 6.24. The number of nitrogens with zero attached hydrogens (tertiary/aromatic N) is 3. The minimum atomic E-state index is -0.0133. The number of hydrogen-bond acceptors (Lipinski definition) is 5. The van der Waals surface area contributed by atoms with Gasteiger partial charge in [0.2, 0.25) is 5.91 Å². The molecular formula is C30H40Cl2N4O2. The maximum absolute atomic E-state index is 13.4. The average Bonchev–Trinajstić information content (AvgIpc) is 3.60. The van der Waals surface area contributed by atoms with Crippen LogP contribution in [0.1, 0.15) is 37.7 Å². The SMILES string of the molecule is CN1CCC(Oc2ccc(CC(CN3CCCC3)NC(=O)C3CCN(c4ccc(Cl)cc4)C3)cc2Cl)CC1. The Bertz CT molecular complexity index is 1070. The lowest BCUT2D eigenvalue weighted by atomic mass is 10.0. The van der Waals surface area contributed by atoms with Crippen LogP contribution in [0.2, 0.25) is 10.0 Å². The quantitative estimate of drug-likeness (QED) is 0.463. The molecule has 2 aromatic rings. The first kappa shape index (κ1) is 27.6. The summed E-state index contributed by atoms with van der Waals surface area (Å²) in [5.41, 5.74) is 2.25. The van der Waals surface area contributed by atoms with Crippen LogP contribution in [0.4, 0.5) is 5.69 Å². The van der Waals surface area contributed by atoms with Gasteiger partial charge in [0.25, 0.3) is 0 Å². The van der Waals surface area contributed by atoms with Gasteiger partial charge in [-0.1, -0.05) is 29.3 Å². The highest BCUT2D eigenvalue weighted by molar-refractivity contribution is 6.32. The Morgan fingerprint density at radius 3 is 2.45 bits per heavy atom. The van der Waals surface area contributed by atoms with Crippen LogP contribution in [0, 0.1) is 5.92 Å². The number of anilines is 1. The van der Waals surface area contributed by atoms with Gasteiger partial charge in [0.05, 0.1) is 10.9 Å². The Balaban J connectivity index is 1.20. The molecule has 2 atom stereocenters. The molecule has 5 rings (SSSR count). The molecule has 1 N–H and O–H groups in total. The molecule has 8 heteroatoms. The molecule has 0 spiro atoms. The van der Waals surface area contributed by atoms with Crippen molar-refractivity contribution >= 4 is 34.8 Å². The standard InChI is InChI=1S/C30H40Cl2N4O2/c1-34-15-11-27(12-16-34)38-29-9-4-22(19-28(29)32)18-25(21-35-13-2-3-14-35)33-30(37)23-10-17-36(20-23)26-7-5-24(31)6-8-26/h4-9,19,23,25,27H,2-3,10-18,20-21H2,1H3,(H,33,37). The molecule has 3 aliphatic heterocycles. The van der Waals surface area contributed by atoms with E-state index < -0.39 is 0 Å². The van der Waals surface area contributed by atoms with Gasteiger partial charge in [0.1, 0.15) is 11.9 Å². The molecule has 0 aromatic heterocycles. The highest BCUT2D eigenvalue weighted by Crippen LogP contribution is 2.29. The van der Waals surface area contributed by atoms with Crippen molar-refractivity contribution < 1.29 is 9.53 Å². The van der Waals surface area contributed by atoms with Crippen LogP contribution in [0.3, 0.4) is 0 Å². The molecule has 1 amide bonds. The van der Waals surface area contributed by atoms with Crippen molar-refractivity contribution in [2.45, 2.75) is 50.7 Å². The predicted molar refractivity (Wildman–Crippen MR) is 156 cm³/mol. The first-order chi connectivity index (χ1) is 18.4. The molecule has 0 radical (unpaired) electrons. The molecule has 38 heavy (non-hydrogen) atoms. The highest BCUT2D eigenvalue weighted by Gasteiger charge is 2.30. The zero-order valence-electron chi connectivity index (χ0n) is 22.4. The van der Waals surface area contributed by atoms with Crippen molar-refractivity contribution in [3.8, 4) is 5.75 Å². The fraction of sp³-hybridized carbons (Fsp3) is 0.567. The molecular weight excluding hydrogens is 519 g/mol. The van der Waals surface area contributed by atoms with Crippen molar-refractivity contribution in [1.29, 1.82) is 0 Å². The number of likely N-dealkylation sites (tertiary alicyclic amines) is 2. The number of hydrogen-bond donors (Lipinski definition) is 1. The number of carbonyl (C=O) groups excluding carboxylic acids is 1. The van der Waals surface area contributed by atoms with Gasteiger partial charge in [-0.2, -0.15) is 0 Å². The van der Waals surface area contributed by atoms with Crippen LogP contribution in [0.5, 0.6) is 5.75 Å². The fourth-order valence-corrected chi connectivity index (χ4v) is 6.33. The van der Waals surface area contributed by atoms with E-state index in [9.17, 15) is 4.79 Å². The van der Waals surface area contributed by atoms with Crippen molar-refractivity contribution in [3.63, 3.8) is 0 Å². The van der Waals surface area contributed by atoms with Crippen LogP contribution in [-0.4, -0.2) is 80.7 Å². The summed E-state index contributed by atoms with van der Waals surface area (Å²) >= 11 is 12.7. The van der Waals surface area contributed by atoms with Crippen LogP contribution < -0.4 is 15.0 Å². The lowest BCUT2D eigenvalue weighted by Gasteiger charge is -2.29. The molecule has 0 aliphatic carbocycles. The van der Waals surface area contributed by atoms with Crippen LogP contribution in [0.25, 0.3) is 0 Å². The van der Waals surface area contributed by atoms with E-state index in [1.165, 1.54) is 12.8 Å². The summed E-state index contributed by atoms with van der Waals surface area (Å²) in [4.78, 5) is 20.5. The fourth-order valence-electron chi connectivity index (χ4n) is 5.95. The largest absolute Gasteiger partial charge is 0.489 e. The van der Waals surface area contributed by atoms with E-state index in [-0.39, 0.29) is 24.0 Å². The maximum atomic E-state index is 13.4. The summed E-state index contributed by atoms with van der Waals surface area (Å²) in [7, 11) is 2.15. The van der Waals surface area contributed by atoms with Crippen molar-refractivity contribution in [3.05, 3.63) is 58.1 Å². The van der Waals surface area contributed by atoms with Crippen LogP contribution in [-0.2, 0) is 11.2 Å². The molecule has 206 valence electrons. The smallest absolute Gasteiger partial charge is 0.225 e. The van der Waals surface area contributed by atoms with E-state index in [1.54, 1.807) is 0 Å². The number of ether oxygens (including phenoxy) is 1. The van der Waals surface area contributed by atoms with Crippen molar-refractivity contribution in [2.24, 2.45) is 5.92 Å². The van der Waals surface area contributed by atoms with Gasteiger partial charge in [0.15, 0.2) is 0 Å². The Hall–Kier alpha value is -1.99. The second-order valence-corrected chi connectivity index (χ2v) is 12.1. The molecule has 0 bridgehead atoms. The monoisotopic (exact) mass is 558 g/mol. The zero-order valence-corrected chi connectivity index (χ0v) is 23.9. The maximum Gasteiger partial charge on any atom is 0.225 e.